The number of esters is 1. The van der Waals surface area contributed by atoms with E-state index in [1.807, 2.05) is 52.1 Å². The maximum atomic E-state index is 13.0. The molecule has 10 heteroatoms. The third-order valence-corrected chi connectivity index (χ3v) is 7.51. The Morgan fingerprint density at radius 1 is 1.23 bits per heavy atom. The second kappa shape index (κ2) is 14.5. The molecule has 0 aromatic carbocycles. The minimum absolute atomic E-state index is 0.00504. The largest absolute Gasteiger partial charge is 0.457 e. The van der Waals surface area contributed by atoms with Crippen LogP contribution in [0.1, 0.15) is 58.7 Å². The van der Waals surface area contributed by atoms with Gasteiger partial charge in [0, 0.05) is 50.4 Å². The molecule has 0 bridgehead atoms. The lowest BCUT2D eigenvalue weighted by molar-refractivity contribution is -0.151. The Labute approximate surface area is 237 Å². The summed E-state index contributed by atoms with van der Waals surface area (Å²) in [6.45, 7) is 9.95. The summed E-state index contributed by atoms with van der Waals surface area (Å²) >= 11 is 0. The number of carbonyl (C=O) groups is 2. The van der Waals surface area contributed by atoms with Crippen LogP contribution in [0.4, 0.5) is 4.79 Å². The molecule has 1 aromatic rings. The van der Waals surface area contributed by atoms with Crippen molar-refractivity contribution >= 4 is 12.1 Å². The Hall–Kier alpha value is -3.08. The summed E-state index contributed by atoms with van der Waals surface area (Å²) in [5.41, 5.74) is -0.645. The predicted molar refractivity (Wildman–Crippen MR) is 151 cm³/mol. The number of aromatic nitrogens is 2. The topological polar surface area (TPSA) is 125 Å². The molecule has 1 saturated heterocycles. The van der Waals surface area contributed by atoms with E-state index < -0.39 is 36.0 Å². The van der Waals surface area contributed by atoms with Gasteiger partial charge in [0.25, 0.3) is 0 Å². The number of nitrogens with zero attached hydrogens (tertiary/aromatic N) is 4. The van der Waals surface area contributed by atoms with Crippen molar-refractivity contribution in [2.45, 2.75) is 76.8 Å². The molecule has 1 fully saturated rings. The molecule has 1 amide bonds. The zero-order chi connectivity index (χ0) is 29.3. The summed E-state index contributed by atoms with van der Waals surface area (Å²) in [6, 6.07) is 1.77. The minimum Gasteiger partial charge on any atom is -0.457 e. The van der Waals surface area contributed by atoms with Gasteiger partial charge in [-0.1, -0.05) is 38.2 Å². The molecule has 0 spiro atoms. The molecule has 0 aliphatic carbocycles. The van der Waals surface area contributed by atoms with E-state index in [4.69, 9.17) is 9.47 Å². The molecule has 0 saturated carbocycles. The maximum Gasteiger partial charge on any atom is 0.410 e. The number of aliphatic hydroxyl groups is 2. The molecule has 0 radical (unpaired) electrons. The molecule has 220 valence electrons. The van der Waals surface area contributed by atoms with Crippen molar-refractivity contribution < 1.29 is 29.3 Å². The first-order valence-corrected chi connectivity index (χ1v) is 14.0. The van der Waals surface area contributed by atoms with E-state index in [0.29, 0.717) is 18.9 Å². The van der Waals surface area contributed by atoms with Crippen LogP contribution in [0, 0.1) is 5.92 Å². The molecular weight excluding hydrogens is 512 g/mol. The summed E-state index contributed by atoms with van der Waals surface area (Å²) in [5.74, 6) is -0.120. The Kier molecular flexibility index (Phi) is 11.4. The molecule has 6 atom stereocenters. The highest BCUT2D eigenvalue weighted by atomic mass is 16.6. The van der Waals surface area contributed by atoms with Gasteiger partial charge in [-0.15, -0.1) is 0 Å². The molecule has 10 nitrogen and oxygen atoms in total. The summed E-state index contributed by atoms with van der Waals surface area (Å²) in [6.07, 6.45) is 9.66. The average Bonchev–Trinajstić information content (AvgIpc) is 2.92. The molecular formula is C30H44N4O6. The maximum absolute atomic E-state index is 13.0. The van der Waals surface area contributed by atoms with Gasteiger partial charge in [0.1, 0.15) is 17.5 Å². The van der Waals surface area contributed by atoms with Crippen LogP contribution < -0.4 is 0 Å². The van der Waals surface area contributed by atoms with Crippen LogP contribution in [-0.2, 0) is 14.3 Å². The molecule has 3 heterocycles. The quantitative estimate of drug-likeness (QED) is 0.319. The average molecular weight is 557 g/mol. The minimum atomic E-state index is -1.44. The van der Waals surface area contributed by atoms with Gasteiger partial charge in [-0.3, -0.25) is 4.79 Å². The van der Waals surface area contributed by atoms with E-state index in [1.54, 1.807) is 36.4 Å². The number of hydrogen-bond donors (Lipinski definition) is 2. The van der Waals surface area contributed by atoms with E-state index in [-0.39, 0.29) is 31.1 Å². The van der Waals surface area contributed by atoms with E-state index in [2.05, 4.69) is 14.9 Å². The fourth-order valence-corrected chi connectivity index (χ4v) is 4.72. The lowest BCUT2D eigenvalue weighted by Crippen LogP contribution is -2.50. The number of piperazine rings is 1. The normalized spacial score (nSPS) is 31.1. The second-order valence-electron chi connectivity index (χ2n) is 11.2. The van der Waals surface area contributed by atoms with E-state index in [1.165, 1.54) is 0 Å². The number of rotatable bonds is 5. The van der Waals surface area contributed by atoms with Gasteiger partial charge >= 0.3 is 12.1 Å². The van der Waals surface area contributed by atoms with Crippen LogP contribution in [0.25, 0.3) is 0 Å². The first-order valence-electron chi connectivity index (χ1n) is 14.0. The molecule has 3 rings (SSSR count). The summed E-state index contributed by atoms with van der Waals surface area (Å²) in [4.78, 5) is 38.0. The van der Waals surface area contributed by atoms with E-state index in [0.717, 1.165) is 18.7 Å². The number of ether oxygens (including phenoxy) is 2. The van der Waals surface area contributed by atoms with Gasteiger partial charge in [-0.25, -0.2) is 14.8 Å². The standard InChI is InChI=1S/C30H44N4O6/c1-21(8-6-9-23(3)28-31-14-7-15-32-28)27-22(2)10-11-25(39-29(37)34-18-16-33(5)17-19-34)30(4,38)13-12-24(35)20-26(36)40-27/h6-11,14-15,22-25,27,35,38H,12-13,16-20H2,1-5H3/b9-6+,11-10+,21-8+/t22-,23?,24-,25+,27+,30-/m0/s1. The number of carbonyl (C=O) groups excluding carboxylic acids is 2. The Balaban J connectivity index is 1.81. The third kappa shape index (κ3) is 9.25. The fraction of sp³-hybridized carbons (Fsp3) is 0.600. The fourth-order valence-electron chi connectivity index (χ4n) is 4.72. The van der Waals surface area contributed by atoms with E-state index >= 15 is 0 Å². The smallest absolute Gasteiger partial charge is 0.410 e. The van der Waals surface area contributed by atoms with Gasteiger partial charge < -0.3 is 29.5 Å². The summed E-state index contributed by atoms with van der Waals surface area (Å²) in [7, 11) is 2.00. The van der Waals surface area contributed by atoms with Crippen LogP contribution in [0.3, 0.4) is 0 Å². The van der Waals surface area contributed by atoms with Crippen molar-refractivity contribution in [3.8, 4) is 0 Å². The van der Waals surface area contributed by atoms with Crippen molar-refractivity contribution in [2.75, 3.05) is 33.2 Å². The molecule has 40 heavy (non-hydrogen) atoms. The first kappa shape index (κ1) is 31.4. The molecule has 2 aliphatic rings. The summed E-state index contributed by atoms with van der Waals surface area (Å²) in [5, 5.41) is 21.8. The predicted octanol–water partition coefficient (Wildman–Crippen LogP) is 3.24. The van der Waals surface area contributed by atoms with Gasteiger partial charge in [-0.05, 0) is 51.5 Å². The van der Waals surface area contributed by atoms with Crippen molar-refractivity contribution in [1.82, 2.24) is 19.8 Å². The monoisotopic (exact) mass is 556 g/mol. The molecule has 2 aliphatic heterocycles. The summed E-state index contributed by atoms with van der Waals surface area (Å²) < 4.78 is 11.6. The number of aliphatic hydroxyl groups excluding tert-OH is 1. The SMILES string of the molecule is C/C(=C\C=C\C(C)c1ncccn1)[C@H]1OC(=O)C[C@@H](O)CC[C@](C)(O)[C@H](OC(=O)N2CCN(C)CC2)/C=C/[C@@H]1C. The Morgan fingerprint density at radius 3 is 2.58 bits per heavy atom. The van der Waals surface area contributed by atoms with Gasteiger partial charge in [-0.2, -0.15) is 0 Å². The molecule has 1 aromatic heterocycles. The van der Waals surface area contributed by atoms with Crippen molar-refractivity contribution in [1.29, 1.82) is 0 Å². The van der Waals surface area contributed by atoms with Crippen LogP contribution in [0.15, 0.2) is 54.4 Å². The highest BCUT2D eigenvalue weighted by molar-refractivity contribution is 5.70. The number of hydrogen-bond acceptors (Lipinski definition) is 9. The van der Waals surface area contributed by atoms with Crippen molar-refractivity contribution in [2.24, 2.45) is 5.92 Å². The molecule has 1 unspecified atom stereocenters. The zero-order valence-electron chi connectivity index (χ0n) is 24.3. The highest BCUT2D eigenvalue weighted by Crippen LogP contribution is 2.27. The van der Waals surface area contributed by atoms with Gasteiger partial charge in [0.05, 0.1) is 12.5 Å². The Bertz CT molecular complexity index is 1070. The number of allylic oxidation sites excluding steroid dienone is 3. The first-order chi connectivity index (χ1) is 19.0. The Morgan fingerprint density at radius 2 is 1.90 bits per heavy atom. The number of cyclic esters (lactones) is 1. The highest BCUT2D eigenvalue weighted by Gasteiger charge is 2.36. The molecule has 2 N–H and O–H groups in total. The van der Waals surface area contributed by atoms with Crippen LogP contribution >= 0.6 is 0 Å². The third-order valence-electron chi connectivity index (χ3n) is 7.51. The lowest BCUT2D eigenvalue weighted by Gasteiger charge is -2.36. The van der Waals surface area contributed by atoms with E-state index in [9.17, 15) is 19.8 Å². The zero-order valence-corrected chi connectivity index (χ0v) is 24.3. The number of amides is 1. The van der Waals surface area contributed by atoms with Crippen LogP contribution in [0.5, 0.6) is 0 Å². The van der Waals surface area contributed by atoms with Crippen LogP contribution in [-0.4, -0.2) is 99.2 Å². The second-order valence-corrected chi connectivity index (χ2v) is 11.2. The van der Waals surface area contributed by atoms with Crippen molar-refractivity contribution in [3.05, 3.63) is 60.2 Å². The van der Waals surface area contributed by atoms with Gasteiger partial charge in [0.2, 0.25) is 0 Å². The lowest BCUT2D eigenvalue weighted by atomic mass is 9.89. The van der Waals surface area contributed by atoms with Crippen molar-refractivity contribution in [3.63, 3.8) is 0 Å². The number of likely N-dealkylation sites (N-methyl/N-ethyl adjacent to an activating group) is 1. The van der Waals surface area contributed by atoms with Gasteiger partial charge in [0.15, 0.2) is 6.10 Å². The van der Waals surface area contributed by atoms with Crippen LogP contribution in [0.2, 0.25) is 0 Å².